The average molecular weight is 307 g/mol. The first-order chi connectivity index (χ1) is 10.6. The van der Waals surface area contributed by atoms with Gasteiger partial charge in [0.05, 0.1) is 6.10 Å². The van der Waals surface area contributed by atoms with Crippen LogP contribution < -0.4 is 5.32 Å². The largest absolute Gasteiger partial charge is 0.445 e. The molecule has 1 aromatic rings. The van der Waals surface area contributed by atoms with Gasteiger partial charge in [0.15, 0.2) is 0 Å². The van der Waals surface area contributed by atoms with Crippen LogP contribution in [0, 0.1) is 12.3 Å². The number of benzene rings is 1. The topological polar surface area (TPSA) is 77.0 Å². The summed E-state index contributed by atoms with van der Waals surface area (Å²) < 4.78 is 15.1. The molecule has 0 saturated carbocycles. The summed E-state index contributed by atoms with van der Waals surface area (Å²) in [5.74, 6) is 2.37. The van der Waals surface area contributed by atoms with Crippen molar-refractivity contribution in [3.05, 3.63) is 35.9 Å². The van der Waals surface area contributed by atoms with Gasteiger partial charge in [0.1, 0.15) is 25.5 Å². The first-order valence-electron chi connectivity index (χ1n) is 6.80. The van der Waals surface area contributed by atoms with Gasteiger partial charge in [-0.25, -0.2) is 4.79 Å². The third-order valence-electron chi connectivity index (χ3n) is 2.85. The molecule has 0 unspecified atom stereocenters. The van der Waals surface area contributed by atoms with Crippen LogP contribution in [0.5, 0.6) is 0 Å². The van der Waals surface area contributed by atoms with Crippen molar-refractivity contribution < 1.29 is 24.1 Å². The molecule has 3 atom stereocenters. The van der Waals surface area contributed by atoms with E-state index in [1.807, 2.05) is 30.3 Å². The van der Waals surface area contributed by atoms with Crippen LogP contribution in [-0.4, -0.2) is 43.4 Å². The summed E-state index contributed by atoms with van der Waals surface area (Å²) in [5.41, 5.74) is 0.859. The predicted molar refractivity (Wildman–Crippen MR) is 80.8 cm³/mol. The Morgan fingerprint density at radius 3 is 2.64 bits per heavy atom. The number of carbonyl (C=O) groups is 1. The highest BCUT2D eigenvalue weighted by molar-refractivity contribution is 5.68. The van der Waals surface area contributed by atoms with Gasteiger partial charge >= 0.3 is 6.09 Å². The monoisotopic (exact) mass is 307 g/mol. The lowest BCUT2D eigenvalue weighted by molar-refractivity contribution is -0.113. The van der Waals surface area contributed by atoms with Crippen molar-refractivity contribution in [1.82, 2.24) is 5.32 Å². The first kappa shape index (κ1) is 18.0. The second-order valence-electron chi connectivity index (χ2n) is 4.63. The van der Waals surface area contributed by atoms with E-state index in [2.05, 4.69) is 11.2 Å². The summed E-state index contributed by atoms with van der Waals surface area (Å²) in [6.07, 6.45) is 3.02. The maximum Gasteiger partial charge on any atom is 0.408 e. The molecule has 0 aromatic heterocycles. The summed E-state index contributed by atoms with van der Waals surface area (Å²) in [5, 5.41) is 12.2. The molecule has 0 radical (unpaired) electrons. The van der Waals surface area contributed by atoms with Crippen LogP contribution in [0.4, 0.5) is 4.79 Å². The van der Waals surface area contributed by atoms with Gasteiger partial charge in [-0.05, 0) is 12.5 Å². The molecule has 0 bridgehead atoms. The van der Waals surface area contributed by atoms with Crippen LogP contribution in [-0.2, 0) is 20.8 Å². The predicted octanol–water partition coefficient (Wildman–Crippen LogP) is 1.28. The normalized spacial score (nSPS) is 14.5. The Morgan fingerprint density at radius 1 is 1.41 bits per heavy atom. The second kappa shape index (κ2) is 9.79. The van der Waals surface area contributed by atoms with Gasteiger partial charge in [-0.1, -0.05) is 36.3 Å². The minimum atomic E-state index is -0.884. The van der Waals surface area contributed by atoms with Crippen molar-refractivity contribution in [2.24, 2.45) is 0 Å². The fourth-order valence-corrected chi connectivity index (χ4v) is 1.77. The lowest BCUT2D eigenvalue weighted by Gasteiger charge is -2.26. The van der Waals surface area contributed by atoms with Gasteiger partial charge in [0.2, 0.25) is 0 Å². The molecule has 1 rings (SSSR count). The zero-order valence-electron chi connectivity index (χ0n) is 12.7. The van der Waals surface area contributed by atoms with Crippen molar-refractivity contribution in [1.29, 1.82) is 0 Å². The molecule has 0 aliphatic rings. The Labute approximate surface area is 130 Å². The molecule has 0 spiro atoms. The van der Waals surface area contributed by atoms with E-state index in [-0.39, 0.29) is 13.4 Å². The van der Waals surface area contributed by atoms with E-state index >= 15 is 0 Å². The highest BCUT2D eigenvalue weighted by Crippen LogP contribution is 2.07. The van der Waals surface area contributed by atoms with Gasteiger partial charge in [0.25, 0.3) is 0 Å². The maximum absolute atomic E-state index is 11.8. The van der Waals surface area contributed by atoms with Crippen LogP contribution >= 0.6 is 0 Å². The third-order valence-corrected chi connectivity index (χ3v) is 2.85. The Hall–Kier alpha value is -2.07. The Balaban J connectivity index is 2.53. The number of methoxy groups -OCH3 is 1. The van der Waals surface area contributed by atoms with Gasteiger partial charge in [-0.3, -0.25) is 0 Å². The number of aliphatic hydroxyl groups excluding tert-OH is 1. The van der Waals surface area contributed by atoms with Crippen LogP contribution in [0.2, 0.25) is 0 Å². The van der Waals surface area contributed by atoms with Crippen LogP contribution in [0.25, 0.3) is 0 Å². The minimum Gasteiger partial charge on any atom is -0.445 e. The molecule has 0 fully saturated rings. The summed E-state index contributed by atoms with van der Waals surface area (Å²) in [4.78, 5) is 11.8. The number of terminal acetylenes is 1. The van der Waals surface area contributed by atoms with E-state index in [9.17, 15) is 9.90 Å². The number of hydrogen-bond donors (Lipinski definition) is 2. The summed E-state index contributed by atoms with van der Waals surface area (Å²) in [6.45, 7) is 1.60. The average Bonchev–Trinajstić information content (AvgIpc) is 2.52. The second-order valence-corrected chi connectivity index (χ2v) is 4.63. The number of alkyl carbamates (subject to hydrolysis) is 1. The number of carbonyl (C=O) groups excluding carboxylic acids is 1. The van der Waals surface area contributed by atoms with E-state index in [1.165, 1.54) is 14.0 Å². The van der Waals surface area contributed by atoms with Crippen LogP contribution in [0.3, 0.4) is 0 Å². The van der Waals surface area contributed by atoms with E-state index in [0.29, 0.717) is 0 Å². The molecule has 1 aromatic carbocycles. The van der Waals surface area contributed by atoms with Crippen LogP contribution in [0.1, 0.15) is 12.5 Å². The molecular weight excluding hydrogens is 286 g/mol. The van der Waals surface area contributed by atoms with Crippen molar-refractivity contribution in [3.8, 4) is 12.3 Å². The van der Waals surface area contributed by atoms with Gasteiger partial charge in [-0.2, -0.15) is 0 Å². The number of ether oxygens (including phenoxy) is 3. The zero-order chi connectivity index (χ0) is 16.4. The SMILES string of the molecule is C#C[C@@H](NC(=O)OCc1ccccc1)[C@H](OCOC)[C@@H](C)O. The fourth-order valence-electron chi connectivity index (χ4n) is 1.77. The van der Waals surface area contributed by atoms with E-state index in [1.54, 1.807) is 0 Å². The quantitative estimate of drug-likeness (QED) is 0.559. The van der Waals surface area contributed by atoms with Crippen LogP contribution in [0.15, 0.2) is 30.3 Å². The molecule has 6 nitrogen and oxygen atoms in total. The standard InChI is InChI=1S/C16H21NO5/c1-4-14(15(12(2)18)22-11-20-3)17-16(19)21-10-13-8-6-5-7-9-13/h1,5-9,12,14-15,18H,10-11H2,2-3H3,(H,17,19)/t12-,14-,15-/m1/s1. The maximum atomic E-state index is 11.8. The van der Waals surface area contributed by atoms with Crippen molar-refractivity contribution in [3.63, 3.8) is 0 Å². The molecule has 6 heteroatoms. The number of hydrogen-bond acceptors (Lipinski definition) is 5. The number of amides is 1. The third kappa shape index (κ3) is 6.14. The summed E-state index contributed by atoms with van der Waals surface area (Å²) in [6, 6.07) is 8.42. The molecule has 22 heavy (non-hydrogen) atoms. The zero-order valence-corrected chi connectivity index (χ0v) is 12.7. The van der Waals surface area contributed by atoms with Crippen molar-refractivity contribution in [2.75, 3.05) is 13.9 Å². The summed E-state index contributed by atoms with van der Waals surface area (Å²) in [7, 11) is 1.45. The molecule has 0 aliphatic heterocycles. The Kier molecular flexibility index (Phi) is 8.00. The molecule has 2 N–H and O–H groups in total. The van der Waals surface area contributed by atoms with E-state index in [0.717, 1.165) is 5.56 Å². The molecule has 0 heterocycles. The molecule has 0 aliphatic carbocycles. The number of nitrogens with one attached hydrogen (secondary N) is 1. The highest BCUT2D eigenvalue weighted by Gasteiger charge is 2.27. The smallest absolute Gasteiger partial charge is 0.408 e. The number of rotatable bonds is 8. The lowest BCUT2D eigenvalue weighted by Crippen LogP contribution is -2.48. The van der Waals surface area contributed by atoms with Crippen molar-refractivity contribution in [2.45, 2.75) is 31.8 Å². The van der Waals surface area contributed by atoms with Crippen molar-refractivity contribution >= 4 is 6.09 Å². The van der Waals surface area contributed by atoms with E-state index < -0.39 is 24.3 Å². The number of aliphatic hydroxyl groups is 1. The lowest BCUT2D eigenvalue weighted by atomic mass is 10.1. The summed E-state index contributed by atoms with van der Waals surface area (Å²) >= 11 is 0. The molecular formula is C16H21NO5. The van der Waals surface area contributed by atoms with Gasteiger partial charge in [-0.15, -0.1) is 6.42 Å². The molecule has 1 amide bonds. The fraction of sp³-hybridized carbons (Fsp3) is 0.438. The Morgan fingerprint density at radius 2 is 2.09 bits per heavy atom. The molecule has 120 valence electrons. The van der Waals surface area contributed by atoms with Gasteiger partial charge < -0.3 is 24.6 Å². The minimum absolute atomic E-state index is 0.0471. The highest BCUT2D eigenvalue weighted by atomic mass is 16.7. The van der Waals surface area contributed by atoms with E-state index in [4.69, 9.17) is 20.6 Å². The first-order valence-corrected chi connectivity index (χ1v) is 6.80. The van der Waals surface area contributed by atoms with Gasteiger partial charge in [0, 0.05) is 7.11 Å². The Bertz CT molecular complexity index is 483. The molecule has 0 saturated heterocycles.